The van der Waals surface area contributed by atoms with E-state index in [0.29, 0.717) is 31.3 Å². The number of hydrogen-bond acceptors (Lipinski definition) is 4. The van der Waals surface area contributed by atoms with Gasteiger partial charge in [-0.05, 0) is 122 Å². The minimum Gasteiger partial charge on any atom is -1.00 e. The van der Waals surface area contributed by atoms with E-state index in [0.717, 1.165) is 18.1 Å². The molecule has 0 radical (unpaired) electrons. The molecule has 0 fully saturated rings. The first kappa shape index (κ1) is 71.9. The van der Waals surface area contributed by atoms with Gasteiger partial charge in [0.15, 0.2) is 0 Å². The Labute approximate surface area is 490 Å². The SMILES string of the molecule is Br.C.C.C.CCOC(=O)CCC[P+](c1ccccc1)(c1ccccc1)c1ccccc1.O=C(O)CC/C=C\c1ccc(F)cc1.O=Cc1ccc(F)cc1.[Br-].[Na+].c1ccc(P(c2ccccc2)c2ccccc2)cc1. The average Bonchev–Trinajstić information content (AvgIpc) is 3.40. The van der Waals surface area contributed by atoms with Crippen molar-refractivity contribution in [3.8, 4) is 0 Å². The van der Waals surface area contributed by atoms with Crippen LogP contribution in [0.25, 0.3) is 6.08 Å². The van der Waals surface area contributed by atoms with Crippen LogP contribution in [-0.4, -0.2) is 36.1 Å². The number of rotatable bonds is 16. The van der Waals surface area contributed by atoms with E-state index in [4.69, 9.17) is 9.84 Å². The summed E-state index contributed by atoms with van der Waals surface area (Å²) >= 11 is 0. The first-order valence-electron chi connectivity index (χ1n) is 22.7. The van der Waals surface area contributed by atoms with E-state index in [9.17, 15) is 23.2 Å². The number of carbonyl (C=O) groups excluding carboxylic acids is 2. The molecule has 0 bridgehead atoms. The van der Waals surface area contributed by atoms with E-state index < -0.39 is 21.2 Å². The molecule has 0 saturated carbocycles. The van der Waals surface area contributed by atoms with Crippen LogP contribution in [-0.2, 0) is 14.3 Å². The number of halogens is 4. The molecule has 8 aromatic carbocycles. The normalized spacial score (nSPS) is 9.76. The summed E-state index contributed by atoms with van der Waals surface area (Å²) in [6.07, 6.45) is 7.06. The third-order valence-corrected chi connectivity index (χ3v) is 17.5. The molecule has 5 nitrogen and oxygen atoms in total. The molecule has 0 heterocycles. The number of aliphatic carboxylic acids is 1. The van der Waals surface area contributed by atoms with Crippen LogP contribution >= 0.6 is 32.2 Å². The molecule has 390 valence electrons. The Hall–Kier alpha value is -5.21. The van der Waals surface area contributed by atoms with Gasteiger partial charge in [0.1, 0.15) is 41.1 Å². The van der Waals surface area contributed by atoms with Gasteiger partial charge >= 0.3 is 41.5 Å². The zero-order chi connectivity index (χ0) is 48.9. The van der Waals surface area contributed by atoms with Crippen molar-refractivity contribution in [2.24, 2.45) is 0 Å². The van der Waals surface area contributed by atoms with Crippen LogP contribution in [0.5, 0.6) is 0 Å². The maximum absolute atomic E-state index is 12.5. The summed E-state index contributed by atoms with van der Waals surface area (Å²) in [5.74, 6) is -1.51. The minimum atomic E-state index is -1.84. The van der Waals surface area contributed by atoms with Crippen molar-refractivity contribution in [3.63, 3.8) is 0 Å². The molecule has 0 saturated heterocycles. The molecule has 75 heavy (non-hydrogen) atoms. The van der Waals surface area contributed by atoms with Gasteiger partial charge in [-0.25, -0.2) is 8.78 Å². The van der Waals surface area contributed by atoms with Gasteiger partial charge in [-0.15, -0.1) is 17.0 Å². The third-order valence-electron chi connectivity index (χ3n) is 10.5. The van der Waals surface area contributed by atoms with Crippen molar-refractivity contribution in [1.29, 1.82) is 0 Å². The molecule has 0 atom stereocenters. The molecule has 8 aromatic rings. The summed E-state index contributed by atoms with van der Waals surface area (Å²) < 4.78 is 29.7. The summed E-state index contributed by atoms with van der Waals surface area (Å²) in [6, 6.07) is 76.0. The second kappa shape index (κ2) is 41.0. The average molecular weight is 1190 g/mol. The van der Waals surface area contributed by atoms with Gasteiger partial charge in [-0.2, -0.15) is 0 Å². The number of carboxylic acid groups (broad SMARTS) is 1. The Morgan fingerprint density at radius 1 is 0.533 bits per heavy atom. The van der Waals surface area contributed by atoms with E-state index in [1.54, 1.807) is 24.3 Å². The quantitative estimate of drug-likeness (QED) is 0.0454. The van der Waals surface area contributed by atoms with Crippen LogP contribution in [0.3, 0.4) is 0 Å². The molecule has 8 rings (SSSR count). The molecule has 1 N–H and O–H groups in total. The molecule has 0 aliphatic heterocycles. The number of carboxylic acids is 1. The van der Waals surface area contributed by atoms with Gasteiger partial charge in [-0.1, -0.05) is 192 Å². The molecule has 0 amide bonds. The molecular weight excluding hydrogens is 1120 g/mol. The van der Waals surface area contributed by atoms with E-state index in [-0.39, 0.29) is 110 Å². The standard InChI is InChI=1S/C24H26O2P.C18H15P.C11H11FO2.C7H5FO.3CH4.2BrH.Na/c1-2-26-24(25)19-12-20-27(21-13-6-3-7-14-21,22-15-8-4-9-16-22)23-17-10-5-11-18-23;1-4-10-16(11-5-1)19(17-12-6-2-7-13-17)18-14-8-3-9-15-18;12-10-7-5-9(6-8-10)3-1-2-4-11(13)14;8-7-3-1-6(5-9)2-4-7;;;;;;/h3-11,13-18H,2,12,19-20H2,1H3;1-15H;1,3,5-8H,2,4H2,(H,13,14);1-5H;3*1H4;2*1H;/q+1;;;;;;;;;+1/p-1/b;;3-1-;;;;;;;. The fourth-order valence-electron chi connectivity index (χ4n) is 7.30. The Balaban J connectivity index is 0. The number of ether oxygens (including phenoxy) is 1. The van der Waals surface area contributed by atoms with Crippen molar-refractivity contribution in [2.45, 2.75) is 54.9 Å². The van der Waals surface area contributed by atoms with E-state index >= 15 is 0 Å². The van der Waals surface area contributed by atoms with Gasteiger partial charge in [0.25, 0.3) is 0 Å². The molecule has 0 aliphatic rings. The Morgan fingerprint density at radius 2 is 0.867 bits per heavy atom. The molecule has 0 unspecified atom stereocenters. The summed E-state index contributed by atoms with van der Waals surface area (Å²) in [5, 5.41) is 16.6. The third kappa shape index (κ3) is 24.6. The van der Waals surface area contributed by atoms with E-state index in [1.165, 1.54) is 68.2 Å². The van der Waals surface area contributed by atoms with Gasteiger partial charge in [0.05, 0.1) is 12.8 Å². The monoisotopic (exact) mass is 1190 g/mol. The van der Waals surface area contributed by atoms with E-state index in [2.05, 4.69) is 182 Å². The van der Waals surface area contributed by atoms with Crippen LogP contribution in [0, 0.1) is 11.6 Å². The Morgan fingerprint density at radius 3 is 1.19 bits per heavy atom. The first-order chi connectivity index (χ1) is 33.7. The maximum Gasteiger partial charge on any atom is 1.00 e. The van der Waals surface area contributed by atoms with Crippen molar-refractivity contribution in [2.75, 3.05) is 12.8 Å². The second-order valence-corrected chi connectivity index (χ2v) is 21.2. The van der Waals surface area contributed by atoms with Gasteiger partial charge in [0.2, 0.25) is 0 Å². The molecule has 0 aromatic heterocycles. The Kier molecular flexibility index (Phi) is 39.3. The van der Waals surface area contributed by atoms with E-state index in [1.807, 2.05) is 6.92 Å². The number of benzene rings is 8. The molecule has 0 aliphatic carbocycles. The van der Waals surface area contributed by atoms with Crippen LogP contribution in [0.2, 0.25) is 0 Å². The van der Waals surface area contributed by atoms with Crippen LogP contribution in [0.4, 0.5) is 8.78 Å². The fraction of sp³-hybridized carbons (Fsp3) is 0.159. The number of esters is 1. The van der Waals surface area contributed by atoms with Crippen molar-refractivity contribution < 1.29 is 79.5 Å². The smallest absolute Gasteiger partial charge is 1.00 e. The van der Waals surface area contributed by atoms with Crippen LogP contribution < -0.4 is 78.4 Å². The molecular formula is C63H70Br2F2NaO5P2+. The van der Waals surface area contributed by atoms with Crippen LogP contribution in [0.1, 0.15) is 70.8 Å². The largest absolute Gasteiger partial charge is 1.00 e. The fourth-order valence-corrected chi connectivity index (χ4v) is 13.9. The number of carbonyl (C=O) groups is 3. The van der Waals surface area contributed by atoms with Gasteiger partial charge in [-0.3, -0.25) is 14.4 Å². The first-order valence-corrected chi connectivity index (χ1v) is 26.1. The van der Waals surface area contributed by atoms with Crippen molar-refractivity contribution in [1.82, 2.24) is 0 Å². The molecule has 12 heteroatoms. The number of hydrogen-bond donors (Lipinski definition) is 1. The summed E-state index contributed by atoms with van der Waals surface area (Å²) in [4.78, 5) is 32.1. The molecule has 0 spiro atoms. The maximum atomic E-state index is 12.5. The minimum absolute atomic E-state index is 0. The summed E-state index contributed by atoms with van der Waals surface area (Å²) in [7, 11) is -2.28. The van der Waals surface area contributed by atoms with Crippen molar-refractivity contribution >= 4 is 88.3 Å². The van der Waals surface area contributed by atoms with Gasteiger partial charge < -0.3 is 26.8 Å². The Bertz CT molecular complexity index is 2540. The predicted octanol–water partition coefficient (Wildman–Crippen LogP) is 8.60. The van der Waals surface area contributed by atoms with Gasteiger partial charge in [0, 0.05) is 18.4 Å². The number of aldehydes is 1. The predicted molar refractivity (Wildman–Crippen MR) is 316 cm³/mol. The summed E-state index contributed by atoms with van der Waals surface area (Å²) in [5.41, 5.74) is 1.37. The van der Waals surface area contributed by atoms with Crippen LogP contribution in [0.15, 0.2) is 237 Å². The topological polar surface area (TPSA) is 80.7 Å². The van der Waals surface area contributed by atoms with Crippen molar-refractivity contribution in [3.05, 3.63) is 259 Å². The zero-order valence-corrected chi connectivity index (χ0v) is 47.5. The zero-order valence-electron chi connectivity index (χ0n) is 40.4. The summed E-state index contributed by atoms with van der Waals surface area (Å²) in [6.45, 7) is 2.29. The number of allylic oxidation sites excluding steroid dienone is 1. The second-order valence-electron chi connectivity index (χ2n) is 15.3.